The number of rotatable bonds is 16. The van der Waals surface area contributed by atoms with Crippen LogP contribution >= 0.6 is 11.3 Å². The molecular formula is C27H39NO3S. The highest BCUT2D eigenvalue weighted by Gasteiger charge is 2.20. The molecule has 1 heterocycles. The molecule has 2 aromatic rings. The average Bonchev–Trinajstić information content (AvgIpc) is 3.14. The third kappa shape index (κ3) is 8.34. The molecule has 0 saturated heterocycles. The molecule has 0 fully saturated rings. The zero-order valence-corrected chi connectivity index (χ0v) is 21.0. The lowest BCUT2D eigenvalue weighted by Crippen LogP contribution is -2.07. The molecule has 0 N–H and O–H groups in total. The van der Waals surface area contributed by atoms with Crippen molar-refractivity contribution in [2.24, 2.45) is 0 Å². The van der Waals surface area contributed by atoms with Gasteiger partial charge in [-0.1, -0.05) is 70.6 Å². The van der Waals surface area contributed by atoms with E-state index in [9.17, 15) is 4.79 Å². The number of thiophene rings is 1. The number of carbonyl (C=O) groups excluding carboxylic acids is 1. The van der Waals surface area contributed by atoms with E-state index in [1.54, 1.807) is 0 Å². The number of unbranched alkanes of at least 4 members (excludes halogenated alkanes) is 6. The van der Waals surface area contributed by atoms with Crippen LogP contribution in [0, 0.1) is 0 Å². The highest BCUT2D eigenvalue weighted by molar-refractivity contribution is 7.15. The monoisotopic (exact) mass is 457 g/mol. The molecule has 1 aromatic heterocycles. The third-order valence-electron chi connectivity index (χ3n) is 5.31. The van der Waals surface area contributed by atoms with Gasteiger partial charge < -0.3 is 14.4 Å². The van der Waals surface area contributed by atoms with E-state index >= 15 is 0 Å². The SMILES string of the molecule is CCCCCCOc1c(C=O)sc(/C=C\c2ccc(N(C)C)cc2)c1OCCCCCC. The Balaban J connectivity index is 2.19. The molecule has 1 aromatic carbocycles. The maximum atomic E-state index is 11.8. The van der Waals surface area contributed by atoms with Gasteiger partial charge in [-0.15, -0.1) is 11.3 Å². The average molecular weight is 458 g/mol. The number of aldehydes is 1. The van der Waals surface area contributed by atoms with Gasteiger partial charge in [0.25, 0.3) is 0 Å². The summed E-state index contributed by atoms with van der Waals surface area (Å²) in [6.45, 7) is 5.65. The smallest absolute Gasteiger partial charge is 0.183 e. The summed E-state index contributed by atoms with van der Waals surface area (Å²) in [7, 11) is 4.07. The van der Waals surface area contributed by atoms with Gasteiger partial charge in [0, 0.05) is 19.8 Å². The van der Waals surface area contributed by atoms with Gasteiger partial charge >= 0.3 is 0 Å². The van der Waals surface area contributed by atoms with Crippen LogP contribution in [0.3, 0.4) is 0 Å². The van der Waals surface area contributed by atoms with Crippen LogP contribution in [0.2, 0.25) is 0 Å². The van der Waals surface area contributed by atoms with Crippen molar-refractivity contribution in [3.05, 3.63) is 39.6 Å². The molecule has 0 spiro atoms. The zero-order valence-electron chi connectivity index (χ0n) is 20.2. The van der Waals surface area contributed by atoms with E-state index in [-0.39, 0.29) is 0 Å². The molecule has 4 nitrogen and oxygen atoms in total. The Labute approximate surface area is 198 Å². The molecular weight excluding hydrogens is 418 g/mol. The van der Waals surface area contributed by atoms with E-state index in [0.717, 1.165) is 48.1 Å². The number of nitrogens with zero attached hydrogens (tertiary/aromatic N) is 1. The molecule has 0 atom stereocenters. The van der Waals surface area contributed by atoms with Gasteiger partial charge in [-0.3, -0.25) is 4.79 Å². The van der Waals surface area contributed by atoms with E-state index in [1.165, 1.54) is 37.0 Å². The molecule has 0 amide bonds. The van der Waals surface area contributed by atoms with Crippen molar-refractivity contribution in [1.29, 1.82) is 0 Å². The quantitative estimate of drug-likeness (QED) is 0.191. The van der Waals surface area contributed by atoms with Crippen molar-refractivity contribution >= 4 is 35.5 Å². The van der Waals surface area contributed by atoms with Crippen LogP contribution in [0.1, 0.15) is 85.3 Å². The fraction of sp³-hybridized carbons (Fsp3) is 0.519. The fourth-order valence-corrected chi connectivity index (χ4v) is 4.27. The topological polar surface area (TPSA) is 38.8 Å². The molecule has 176 valence electrons. The number of hydrogen-bond acceptors (Lipinski definition) is 5. The summed E-state index contributed by atoms with van der Waals surface area (Å²) >= 11 is 1.44. The normalized spacial score (nSPS) is 11.1. The van der Waals surface area contributed by atoms with E-state index in [1.807, 2.05) is 20.2 Å². The lowest BCUT2D eigenvalue weighted by molar-refractivity contribution is 0.112. The zero-order chi connectivity index (χ0) is 23.2. The highest BCUT2D eigenvalue weighted by atomic mass is 32.1. The molecule has 0 aliphatic heterocycles. The number of benzene rings is 1. The number of hydrogen-bond donors (Lipinski definition) is 0. The molecule has 2 rings (SSSR count). The van der Waals surface area contributed by atoms with Crippen molar-refractivity contribution in [2.45, 2.75) is 65.2 Å². The summed E-state index contributed by atoms with van der Waals surface area (Å²) in [6, 6.07) is 8.38. The van der Waals surface area contributed by atoms with Gasteiger partial charge in [0.1, 0.15) is 4.88 Å². The van der Waals surface area contributed by atoms with Gasteiger partial charge in [-0.05, 0) is 36.6 Å². The van der Waals surface area contributed by atoms with Gasteiger partial charge in [-0.25, -0.2) is 0 Å². The predicted octanol–water partition coefficient (Wildman–Crippen LogP) is 7.72. The van der Waals surface area contributed by atoms with Crippen molar-refractivity contribution in [3.63, 3.8) is 0 Å². The number of carbonyl (C=O) groups is 1. The van der Waals surface area contributed by atoms with Crippen LogP contribution < -0.4 is 14.4 Å². The Morgan fingerprint density at radius 1 is 0.781 bits per heavy atom. The second-order valence-corrected chi connectivity index (χ2v) is 9.33. The predicted molar refractivity (Wildman–Crippen MR) is 139 cm³/mol. The lowest BCUT2D eigenvalue weighted by atomic mass is 10.2. The Morgan fingerprint density at radius 2 is 1.34 bits per heavy atom. The minimum atomic E-state index is 0.603. The van der Waals surface area contributed by atoms with Crippen LogP contribution in [-0.2, 0) is 0 Å². The van der Waals surface area contributed by atoms with E-state index < -0.39 is 0 Å². The standard InChI is InChI=1S/C27H39NO3S/c1-5-7-9-11-19-30-26-24(18-15-22-13-16-23(17-14-22)28(3)4)32-25(21-29)27(26)31-20-12-10-8-6-2/h13-18,21H,5-12,19-20H2,1-4H3/b18-15-. The van der Waals surface area contributed by atoms with Gasteiger partial charge in [0.15, 0.2) is 17.8 Å². The molecule has 0 aliphatic carbocycles. The maximum Gasteiger partial charge on any atom is 0.183 e. The van der Waals surface area contributed by atoms with E-state index in [0.29, 0.717) is 29.6 Å². The minimum absolute atomic E-state index is 0.603. The third-order valence-corrected chi connectivity index (χ3v) is 6.35. The maximum absolute atomic E-state index is 11.8. The van der Waals surface area contributed by atoms with Crippen molar-refractivity contribution in [2.75, 3.05) is 32.2 Å². The molecule has 5 heteroatoms. The largest absolute Gasteiger partial charge is 0.488 e. The number of anilines is 1. The Hall–Kier alpha value is -2.27. The van der Waals surface area contributed by atoms with Crippen molar-refractivity contribution in [3.8, 4) is 11.5 Å². The van der Waals surface area contributed by atoms with Gasteiger partial charge in [0.05, 0.1) is 18.1 Å². The molecule has 0 bridgehead atoms. The molecule has 0 unspecified atom stereocenters. The minimum Gasteiger partial charge on any atom is -0.488 e. The number of ether oxygens (including phenoxy) is 2. The molecule has 0 saturated carbocycles. The second kappa shape index (κ2) is 14.7. The Morgan fingerprint density at radius 3 is 1.84 bits per heavy atom. The first-order valence-electron chi connectivity index (χ1n) is 11.9. The summed E-state index contributed by atoms with van der Waals surface area (Å²) < 4.78 is 12.3. The lowest BCUT2D eigenvalue weighted by Gasteiger charge is -2.12. The summed E-state index contributed by atoms with van der Waals surface area (Å²) in [4.78, 5) is 15.4. The van der Waals surface area contributed by atoms with Crippen molar-refractivity contribution in [1.82, 2.24) is 0 Å². The summed E-state index contributed by atoms with van der Waals surface area (Å²) in [5, 5.41) is 0. The van der Waals surface area contributed by atoms with Crippen LogP contribution in [-0.4, -0.2) is 33.6 Å². The Bertz CT molecular complexity index is 824. The van der Waals surface area contributed by atoms with Crippen LogP contribution in [0.4, 0.5) is 5.69 Å². The Kier molecular flexibility index (Phi) is 12.0. The summed E-state index contributed by atoms with van der Waals surface area (Å²) in [6.07, 6.45) is 14.1. The highest BCUT2D eigenvalue weighted by Crippen LogP contribution is 2.43. The molecule has 0 aliphatic rings. The molecule has 0 radical (unpaired) electrons. The second-order valence-electron chi connectivity index (χ2n) is 8.24. The summed E-state index contributed by atoms with van der Waals surface area (Å²) in [5.41, 5.74) is 2.27. The van der Waals surface area contributed by atoms with Crippen LogP contribution in [0.25, 0.3) is 12.2 Å². The van der Waals surface area contributed by atoms with Gasteiger partial charge in [0.2, 0.25) is 0 Å². The van der Waals surface area contributed by atoms with E-state index in [2.05, 4.69) is 49.1 Å². The van der Waals surface area contributed by atoms with Gasteiger partial charge in [-0.2, -0.15) is 0 Å². The fourth-order valence-electron chi connectivity index (χ4n) is 3.36. The first kappa shape index (κ1) is 26.0. The van der Waals surface area contributed by atoms with Crippen LogP contribution in [0.5, 0.6) is 11.5 Å². The first-order chi connectivity index (χ1) is 15.6. The van der Waals surface area contributed by atoms with Crippen LogP contribution in [0.15, 0.2) is 24.3 Å². The molecule has 32 heavy (non-hydrogen) atoms. The van der Waals surface area contributed by atoms with E-state index in [4.69, 9.17) is 9.47 Å². The van der Waals surface area contributed by atoms with Crippen molar-refractivity contribution < 1.29 is 14.3 Å². The first-order valence-corrected chi connectivity index (χ1v) is 12.7. The summed E-state index contributed by atoms with van der Waals surface area (Å²) in [5.74, 6) is 1.32.